The van der Waals surface area contributed by atoms with E-state index in [1.165, 1.54) is 6.33 Å². The minimum atomic E-state index is -3.13. The van der Waals surface area contributed by atoms with E-state index >= 15 is 0 Å². The summed E-state index contributed by atoms with van der Waals surface area (Å²) in [5.41, 5.74) is 0. The SMILES string of the molecule is CS(=O)(=O)NCCCNc1cc(N2CCC[C@H]2CO)ncn1. The van der Waals surface area contributed by atoms with Crippen molar-refractivity contribution in [2.75, 3.05) is 42.7 Å². The molecular weight excluding hydrogens is 306 g/mol. The molecule has 0 aliphatic carbocycles. The van der Waals surface area contributed by atoms with Crippen LogP contribution in [0.15, 0.2) is 12.4 Å². The van der Waals surface area contributed by atoms with Crippen LogP contribution < -0.4 is 14.9 Å². The molecule has 0 amide bonds. The molecule has 2 rings (SSSR count). The zero-order valence-electron chi connectivity index (χ0n) is 12.7. The molecule has 22 heavy (non-hydrogen) atoms. The Bertz CT molecular complexity index is 581. The smallest absolute Gasteiger partial charge is 0.208 e. The second-order valence-electron chi connectivity index (χ2n) is 5.38. The summed E-state index contributed by atoms with van der Waals surface area (Å²) < 4.78 is 24.3. The molecule has 0 unspecified atom stereocenters. The Morgan fingerprint density at radius 1 is 1.41 bits per heavy atom. The maximum Gasteiger partial charge on any atom is 0.208 e. The molecule has 2 heterocycles. The van der Waals surface area contributed by atoms with Gasteiger partial charge in [-0.05, 0) is 19.3 Å². The van der Waals surface area contributed by atoms with Crippen molar-refractivity contribution >= 4 is 21.7 Å². The van der Waals surface area contributed by atoms with Crippen LogP contribution in [-0.2, 0) is 10.0 Å². The molecule has 0 bridgehead atoms. The number of hydrogen-bond donors (Lipinski definition) is 3. The minimum Gasteiger partial charge on any atom is -0.394 e. The van der Waals surface area contributed by atoms with Crippen LogP contribution >= 0.6 is 0 Å². The first-order chi connectivity index (χ1) is 10.5. The van der Waals surface area contributed by atoms with E-state index < -0.39 is 10.0 Å². The number of nitrogens with zero attached hydrogens (tertiary/aromatic N) is 3. The first kappa shape index (κ1) is 16.9. The van der Waals surface area contributed by atoms with Crippen molar-refractivity contribution in [3.8, 4) is 0 Å². The fourth-order valence-corrected chi connectivity index (χ4v) is 3.01. The van der Waals surface area contributed by atoms with Crippen molar-refractivity contribution in [2.24, 2.45) is 0 Å². The summed E-state index contributed by atoms with van der Waals surface area (Å²) in [5, 5.41) is 12.5. The maximum atomic E-state index is 10.9. The molecule has 0 saturated carbocycles. The van der Waals surface area contributed by atoms with Crippen LogP contribution in [-0.4, -0.2) is 62.0 Å². The highest BCUT2D eigenvalue weighted by Gasteiger charge is 2.25. The quantitative estimate of drug-likeness (QED) is 0.566. The Hall–Kier alpha value is -1.45. The molecule has 3 N–H and O–H groups in total. The highest BCUT2D eigenvalue weighted by atomic mass is 32.2. The van der Waals surface area contributed by atoms with E-state index in [2.05, 4.69) is 24.9 Å². The molecule has 0 aromatic carbocycles. The number of aromatic nitrogens is 2. The van der Waals surface area contributed by atoms with Gasteiger partial charge in [0.25, 0.3) is 0 Å². The van der Waals surface area contributed by atoms with E-state index in [-0.39, 0.29) is 12.6 Å². The van der Waals surface area contributed by atoms with Crippen LogP contribution in [0.5, 0.6) is 0 Å². The first-order valence-corrected chi connectivity index (χ1v) is 9.27. The number of aliphatic hydroxyl groups excluding tert-OH is 1. The number of hydrogen-bond acceptors (Lipinski definition) is 7. The number of sulfonamides is 1. The van der Waals surface area contributed by atoms with Gasteiger partial charge in [-0.1, -0.05) is 0 Å². The van der Waals surface area contributed by atoms with Crippen molar-refractivity contribution in [2.45, 2.75) is 25.3 Å². The average Bonchev–Trinajstić information content (AvgIpc) is 2.94. The second-order valence-corrected chi connectivity index (χ2v) is 7.21. The molecule has 0 radical (unpaired) electrons. The fourth-order valence-electron chi connectivity index (χ4n) is 2.49. The molecule has 124 valence electrons. The highest BCUT2D eigenvalue weighted by Crippen LogP contribution is 2.24. The van der Waals surface area contributed by atoms with Crippen molar-refractivity contribution in [1.29, 1.82) is 0 Å². The standard InChI is InChI=1S/C13H23N5O3S/c1-22(20,21)17-6-3-5-14-12-8-13(16-10-15-12)18-7-2-4-11(18)9-19/h8,10-11,17,19H,2-7,9H2,1H3,(H,14,15,16)/t11-/m0/s1. The third kappa shape index (κ3) is 5.08. The second kappa shape index (κ2) is 7.70. The van der Waals surface area contributed by atoms with Crippen LogP contribution in [0.4, 0.5) is 11.6 Å². The molecule has 1 saturated heterocycles. The molecule has 1 aliphatic rings. The largest absolute Gasteiger partial charge is 0.394 e. The van der Waals surface area contributed by atoms with Crippen molar-refractivity contribution < 1.29 is 13.5 Å². The summed E-state index contributed by atoms with van der Waals surface area (Å²) in [4.78, 5) is 10.5. The van der Waals surface area contributed by atoms with Gasteiger partial charge in [0.15, 0.2) is 0 Å². The molecular formula is C13H23N5O3S. The highest BCUT2D eigenvalue weighted by molar-refractivity contribution is 7.88. The number of rotatable bonds is 8. The lowest BCUT2D eigenvalue weighted by Crippen LogP contribution is -2.32. The summed E-state index contributed by atoms with van der Waals surface area (Å²) in [6, 6.07) is 1.99. The summed E-state index contributed by atoms with van der Waals surface area (Å²) in [7, 11) is -3.13. The normalized spacial score (nSPS) is 18.6. The molecule has 8 nitrogen and oxygen atoms in total. The lowest BCUT2D eigenvalue weighted by Gasteiger charge is -2.24. The van der Waals surface area contributed by atoms with E-state index in [1.807, 2.05) is 6.07 Å². The monoisotopic (exact) mass is 329 g/mol. The summed E-state index contributed by atoms with van der Waals surface area (Å²) in [6.07, 6.45) is 5.33. The van der Waals surface area contributed by atoms with Crippen LogP contribution in [0, 0.1) is 0 Å². The third-order valence-electron chi connectivity index (χ3n) is 3.56. The Balaban J connectivity index is 1.84. The van der Waals surface area contributed by atoms with E-state index in [4.69, 9.17) is 0 Å². The molecule has 1 fully saturated rings. The van der Waals surface area contributed by atoms with E-state index in [0.717, 1.165) is 31.5 Å². The third-order valence-corrected chi connectivity index (χ3v) is 4.29. The lowest BCUT2D eigenvalue weighted by molar-refractivity contribution is 0.266. The molecule has 0 spiro atoms. The van der Waals surface area contributed by atoms with Gasteiger partial charge in [0.1, 0.15) is 18.0 Å². The van der Waals surface area contributed by atoms with Gasteiger partial charge >= 0.3 is 0 Å². The Labute approximate surface area is 131 Å². The summed E-state index contributed by atoms with van der Waals surface area (Å²) >= 11 is 0. The Morgan fingerprint density at radius 2 is 2.23 bits per heavy atom. The summed E-state index contributed by atoms with van der Waals surface area (Å²) in [5.74, 6) is 1.51. The van der Waals surface area contributed by atoms with Gasteiger partial charge in [-0.25, -0.2) is 23.1 Å². The number of anilines is 2. The Kier molecular flexibility index (Phi) is 5.92. The molecule has 1 aromatic rings. The predicted molar refractivity (Wildman–Crippen MR) is 85.4 cm³/mol. The number of nitrogens with one attached hydrogen (secondary N) is 2. The topological polar surface area (TPSA) is 107 Å². The van der Waals surface area contributed by atoms with Gasteiger partial charge in [0.2, 0.25) is 10.0 Å². The summed E-state index contributed by atoms with van der Waals surface area (Å²) in [6.45, 7) is 2.02. The van der Waals surface area contributed by atoms with Crippen molar-refractivity contribution in [1.82, 2.24) is 14.7 Å². The molecule has 1 aromatic heterocycles. The molecule has 1 atom stereocenters. The van der Waals surface area contributed by atoms with Gasteiger partial charge in [-0.15, -0.1) is 0 Å². The van der Waals surface area contributed by atoms with Crippen molar-refractivity contribution in [3.05, 3.63) is 12.4 Å². The van der Waals surface area contributed by atoms with E-state index in [1.54, 1.807) is 0 Å². The van der Waals surface area contributed by atoms with Gasteiger partial charge in [-0.3, -0.25) is 0 Å². The van der Waals surface area contributed by atoms with Gasteiger partial charge in [-0.2, -0.15) is 0 Å². The first-order valence-electron chi connectivity index (χ1n) is 7.37. The average molecular weight is 329 g/mol. The van der Waals surface area contributed by atoms with Crippen LogP contribution in [0.2, 0.25) is 0 Å². The number of aliphatic hydroxyl groups is 1. The Morgan fingerprint density at radius 3 is 2.95 bits per heavy atom. The predicted octanol–water partition coefficient (Wildman–Crippen LogP) is -0.211. The van der Waals surface area contributed by atoms with Crippen molar-refractivity contribution in [3.63, 3.8) is 0 Å². The van der Waals surface area contributed by atoms with Gasteiger partial charge in [0.05, 0.1) is 18.9 Å². The minimum absolute atomic E-state index is 0.127. The zero-order valence-corrected chi connectivity index (χ0v) is 13.5. The lowest BCUT2D eigenvalue weighted by atomic mass is 10.2. The van der Waals surface area contributed by atoms with Crippen LogP contribution in [0.3, 0.4) is 0 Å². The molecule has 9 heteroatoms. The zero-order chi connectivity index (χ0) is 16.0. The van der Waals surface area contributed by atoms with E-state index in [9.17, 15) is 13.5 Å². The van der Waals surface area contributed by atoms with Gasteiger partial charge in [0, 0.05) is 25.7 Å². The van der Waals surface area contributed by atoms with E-state index in [0.29, 0.717) is 25.3 Å². The maximum absolute atomic E-state index is 10.9. The van der Waals surface area contributed by atoms with Gasteiger partial charge < -0.3 is 15.3 Å². The fraction of sp³-hybridized carbons (Fsp3) is 0.692. The molecule has 1 aliphatic heterocycles. The van der Waals surface area contributed by atoms with Crippen LogP contribution in [0.1, 0.15) is 19.3 Å². The van der Waals surface area contributed by atoms with Crippen LogP contribution in [0.25, 0.3) is 0 Å².